The van der Waals surface area contributed by atoms with Gasteiger partial charge in [0.25, 0.3) is 5.91 Å². The molecule has 0 radical (unpaired) electrons. The van der Waals surface area contributed by atoms with Crippen LogP contribution in [0.3, 0.4) is 0 Å². The highest BCUT2D eigenvalue weighted by Gasteiger charge is 2.51. The summed E-state index contributed by atoms with van der Waals surface area (Å²) >= 11 is 0. The minimum Gasteiger partial charge on any atom is -0.493 e. The lowest BCUT2D eigenvalue weighted by Crippen LogP contribution is -2.33. The molecule has 1 aromatic heterocycles. The van der Waals surface area contributed by atoms with Gasteiger partial charge in [-0.05, 0) is 38.0 Å². The third kappa shape index (κ3) is 3.92. The van der Waals surface area contributed by atoms with Crippen LogP contribution in [0.5, 0.6) is 5.75 Å². The second kappa shape index (κ2) is 8.10. The number of methoxy groups -OCH3 is 1. The van der Waals surface area contributed by atoms with Crippen molar-refractivity contribution in [2.75, 3.05) is 12.4 Å². The van der Waals surface area contributed by atoms with Crippen molar-refractivity contribution < 1.29 is 27.8 Å². The van der Waals surface area contributed by atoms with Gasteiger partial charge in [0.2, 0.25) is 5.82 Å². The lowest BCUT2D eigenvalue weighted by molar-refractivity contribution is -0.131. The molecule has 0 saturated carbocycles. The fourth-order valence-electron chi connectivity index (χ4n) is 3.78. The fraction of sp³-hybridized carbons (Fsp3) is 0.409. The molecule has 2 heterocycles. The Hall–Kier alpha value is -2.87. The van der Waals surface area contributed by atoms with Crippen LogP contribution in [0.2, 0.25) is 0 Å². The molecule has 3 rings (SSSR count). The molecule has 8 heteroatoms. The Kier molecular flexibility index (Phi) is 5.90. The third-order valence-electron chi connectivity index (χ3n) is 5.68. The van der Waals surface area contributed by atoms with Crippen molar-refractivity contribution in [1.29, 1.82) is 0 Å². The van der Waals surface area contributed by atoms with Crippen LogP contribution in [0.15, 0.2) is 30.5 Å². The zero-order valence-corrected chi connectivity index (χ0v) is 17.5. The molecule has 6 nitrogen and oxygen atoms in total. The zero-order chi connectivity index (χ0) is 22.2. The topological polar surface area (TPSA) is 77.5 Å². The van der Waals surface area contributed by atoms with Gasteiger partial charge in [0.1, 0.15) is 11.8 Å². The van der Waals surface area contributed by atoms with Gasteiger partial charge in [-0.3, -0.25) is 14.6 Å². The molecule has 2 aromatic rings. The summed E-state index contributed by atoms with van der Waals surface area (Å²) in [6, 6.07) is 5.46. The highest BCUT2D eigenvalue weighted by molar-refractivity contribution is 5.97. The molecule has 1 fully saturated rings. The van der Waals surface area contributed by atoms with E-state index >= 15 is 0 Å². The van der Waals surface area contributed by atoms with Crippen LogP contribution in [0.1, 0.15) is 49.7 Å². The van der Waals surface area contributed by atoms with Crippen molar-refractivity contribution in [1.82, 2.24) is 4.98 Å². The van der Waals surface area contributed by atoms with E-state index in [0.717, 1.165) is 6.07 Å². The number of nitrogens with one attached hydrogen (secondary N) is 1. The van der Waals surface area contributed by atoms with Crippen molar-refractivity contribution in [3.63, 3.8) is 0 Å². The largest absolute Gasteiger partial charge is 0.493 e. The minimum atomic E-state index is -1.11. The van der Waals surface area contributed by atoms with Crippen LogP contribution < -0.4 is 10.1 Å². The first-order valence-electron chi connectivity index (χ1n) is 9.54. The number of carbonyl (C=O) groups is 2. The van der Waals surface area contributed by atoms with Crippen LogP contribution in [0.25, 0.3) is 0 Å². The number of nitrogens with zero attached hydrogens (tertiary/aromatic N) is 1. The summed E-state index contributed by atoms with van der Waals surface area (Å²) in [6.07, 6.45) is 0.437. The predicted octanol–water partition coefficient (Wildman–Crippen LogP) is 4.11. The monoisotopic (exact) mass is 418 g/mol. The van der Waals surface area contributed by atoms with Gasteiger partial charge in [-0.2, -0.15) is 4.39 Å². The molecule has 0 unspecified atom stereocenters. The van der Waals surface area contributed by atoms with Crippen LogP contribution in [0.4, 0.5) is 14.5 Å². The van der Waals surface area contributed by atoms with Gasteiger partial charge < -0.3 is 14.8 Å². The SMILES string of the molecule is COc1c([C@H]2[C@@H](C(=O)Nc3ccnc(C(C)=O)c3)OC(C)(C)[C@@H]2C)ccc(F)c1F. The number of rotatable bonds is 5. The molecule has 0 spiro atoms. The molecule has 1 aromatic carbocycles. The smallest absolute Gasteiger partial charge is 0.254 e. The molecule has 1 aliphatic rings. The molecule has 160 valence electrons. The normalized spacial score (nSPS) is 22.6. The first-order chi connectivity index (χ1) is 14.1. The van der Waals surface area contributed by atoms with Gasteiger partial charge in [0.15, 0.2) is 17.3 Å². The van der Waals surface area contributed by atoms with Crippen molar-refractivity contribution in [2.45, 2.75) is 45.3 Å². The number of hydrogen-bond donors (Lipinski definition) is 1. The molecule has 1 saturated heterocycles. The number of ketones is 1. The Morgan fingerprint density at radius 1 is 1.23 bits per heavy atom. The van der Waals surface area contributed by atoms with E-state index in [0.29, 0.717) is 11.3 Å². The number of carbonyl (C=O) groups excluding carboxylic acids is 2. The standard InChI is InChI=1S/C22H24F2N2O4/c1-11-17(14-6-7-15(23)18(24)19(14)29-5)20(30-22(11,3)4)21(28)26-13-8-9-25-16(10-13)12(2)27/h6-11,17,20H,1-5H3,(H,25,26,28)/t11-,17+,20+/m1/s1. The first kappa shape index (κ1) is 21.8. The molecule has 0 aliphatic carbocycles. The van der Waals surface area contributed by atoms with Crippen LogP contribution in [0, 0.1) is 17.6 Å². The second-order valence-corrected chi connectivity index (χ2v) is 7.92. The molecule has 30 heavy (non-hydrogen) atoms. The molecular weight excluding hydrogens is 394 g/mol. The number of halogens is 2. The van der Waals surface area contributed by atoms with Crippen molar-refractivity contribution in [3.05, 3.63) is 53.4 Å². The minimum absolute atomic E-state index is 0.211. The van der Waals surface area contributed by atoms with E-state index in [4.69, 9.17) is 9.47 Å². The van der Waals surface area contributed by atoms with E-state index < -0.39 is 35.2 Å². The number of anilines is 1. The maximum atomic E-state index is 14.4. The highest BCUT2D eigenvalue weighted by atomic mass is 19.2. The Morgan fingerprint density at radius 3 is 2.57 bits per heavy atom. The summed E-state index contributed by atoms with van der Waals surface area (Å²) in [5.41, 5.74) is 0.254. The van der Waals surface area contributed by atoms with Crippen molar-refractivity contribution >= 4 is 17.4 Å². The highest BCUT2D eigenvalue weighted by Crippen LogP contribution is 2.49. The Morgan fingerprint density at radius 2 is 1.93 bits per heavy atom. The number of hydrogen-bond acceptors (Lipinski definition) is 5. The summed E-state index contributed by atoms with van der Waals surface area (Å²) in [6.45, 7) is 6.94. The summed E-state index contributed by atoms with van der Waals surface area (Å²) < 4.78 is 39.2. The average molecular weight is 418 g/mol. The number of aromatic nitrogens is 1. The van der Waals surface area contributed by atoms with E-state index in [1.807, 2.05) is 20.8 Å². The number of pyridine rings is 1. The van der Waals surface area contributed by atoms with Gasteiger partial charge in [-0.25, -0.2) is 4.39 Å². The van der Waals surface area contributed by atoms with E-state index in [-0.39, 0.29) is 23.1 Å². The average Bonchev–Trinajstić information content (AvgIpc) is 2.93. The summed E-state index contributed by atoms with van der Waals surface area (Å²) in [7, 11) is 1.25. The van der Waals surface area contributed by atoms with E-state index in [1.54, 1.807) is 6.07 Å². The van der Waals surface area contributed by atoms with E-state index in [9.17, 15) is 18.4 Å². The maximum Gasteiger partial charge on any atom is 0.254 e. The fourth-order valence-corrected chi connectivity index (χ4v) is 3.78. The second-order valence-electron chi connectivity index (χ2n) is 7.92. The lowest BCUT2D eigenvalue weighted by atomic mass is 9.78. The molecule has 1 amide bonds. The number of ether oxygens (including phenoxy) is 2. The third-order valence-corrected chi connectivity index (χ3v) is 5.68. The van der Waals surface area contributed by atoms with E-state index in [2.05, 4.69) is 10.3 Å². The summed E-state index contributed by atoms with van der Waals surface area (Å²) in [4.78, 5) is 28.6. The molecule has 3 atom stereocenters. The van der Waals surface area contributed by atoms with Gasteiger partial charge >= 0.3 is 0 Å². The van der Waals surface area contributed by atoms with Crippen LogP contribution in [-0.4, -0.2) is 35.5 Å². The quantitative estimate of drug-likeness (QED) is 0.740. The Labute approximate surface area is 173 Å². The molecular formula is C22H24F2N2O4. The number of amides is 1. The summed E-state index contributed by atoms with van der Waals surface area (Å²) in [5, 5.41) is 2.74. The van der Waals surface area contributed by atoms with E-state index in [1.165, 1.54) is 32.4 Å². The van der Waals surface area contributed by atoms with Crippen molar-refractivity contribution in [2.24, 2.45) is 5.92 Å². The lowest BCUT2D eigenvalue weighted by Gasteiger charge is -2.25. The Balaban J connectivity index is 1.98. The van der Waals surface area contributed by atoms with Gasteiger partial charge in [0.05, 0.1) is 12.7 Å². The number of benzene rings is 1. The maximum absolute atomic E-state index is 14.4. The molecule has 0 bridgehead atoms. The van der Waals surface area contributed by atoms with Crippen LogP contribution in [-0.2, 0) is 9.53 Å². The molecule has 1 N–H and O–H groups in total. The first-order valence-corrected chi connectivity index (χ1v) is 9.54. The number of Topliss-reactive ketones (excluding diaryl/α,β-unsaturated/α-hetero) is 1. The zero-order valence-electron chi connectivity index (χ0n) is 17.5. The van der Waals surface area contributed by atoms with Gasteiger partial charge in [-0.1, -0.05) is 13.0 Å². The Bertz CT molecular complexity index is 993. The molecule has 1 aliphatic heterocycles. The van der Waals surface area contributed by atoms with Crippen LogP contribution >= 0.6 is 0 Å². The van der Waals surface area contributed by atoms with Crippen molar-refractivity contribution in [3.8, 4) is 5.75 Å². The summed E-state index contributed by atoms with van der Waals surface area (Å²) in [5.74, 6) is -3.88. The van der Waals surface area contributed by atoms with Gasteiger partial charge in [-0.15, -0.1) is 0 Å². The predicted molar refractivity (Wildman–Crippen MR) is 107 cm³/mol. The van der Waals surface area contributed by atoms with Gasteiger partial charge in [0, 0.05) is 30.3 Å².